The summed E-state index contributed by atoms with van der Waals surface area (Å²) in [6, 6.07) is 14.8. The Kier molecular flexibility index (Phi) is 7.98. The van der Waals surface area contributed by atoms with Crippen molar-refractivity contribution in [3.63, 3.8) is 0 Å². The van der Waals surface area contributed by atoms with Crippen LogP contribution in [0.2, 0.25) is 0 Å². The lowest BCUT2D eigenvalue weighted by Crippen LogP contribution is -2.39. The lowest BCUT2D eigenvalue weighted by Gasteiger charge is -2.33. The van der Waals surface area contributed by atoms with Crippen molar-refractivity contribution in [1.82, 2.24) is 14.5 Å². The number of nitrogens with zero attached hydrogens (tertiary/aromatic N) is 3. The van der Waals surface area contributed by atoms with E-state index in [2.05, 4.69) is 66.8 Å². The number of methoxy groups -OCH3 is 1. The summed E-state index contributed by atoms with van der Waals surface area (Å²) in [6.45, 7) is 3.30. The molecule has 170 valence electrons. The Morgan fingerprint density at radius 1 is 1.22 bits per heavy atom. The maximum atomic E-state index is 13.0. The number of aryl methyl sites for hydroxylation is 2. The molecule has 0 aliphatic carbocycles. The van der Waals surface area contributed by atoms with Gasteiger partial charge in [-0.25, -0.2) is 4.98 Å². The zero-order chi connectivity index (χ0) is 22.3. The summed E-state index contributed by atoms with van der Waals surface area (Å²) in [4.78, 5) is 19.7. The van der Waals surface area contributed by atoms with Crippen LogP contribution in [0, 0.1) is 0 Å². The van der Waals surface area contributed by atoms with Gasteiger partial charge in [-0.2, -0.15) is 0 Å². The molecule has 1 amide bonds. The second kappa shape index (κ2) is 11.1. The molecule has 0 saturated carbocycles. The highest BCUT2D eigenvalue weighted by Crippen LogP contribution is 2.31. The summed E-state index contributed by atoms with van der Waals surface area (Å²) >= 11 is 3.47. The van der Waals surface area contributed by atoms with Crippen molar-refractivity contribution >= 4 is 32.9 Å². The fourth-order valence-corrected chi connectivity index (χ4v) is 5.01. The van der Waals surface area contributed by atoms with Crippen LogP contribution in [0.5, 0.6) is 0 Å². The van der Waals surface area contributed by atoms with E-state index in [0.29, 0.717) is 12.3 Å². The van der Waals surface area contributed by atoms with Gasteiger partial charge in [-0.15, -0.1) is 0 Å². The first kappa shape index (κ1) is 23.0. The number of hydrogen-bond donors (Lipinski definition) is 0. The lowest BCUT2D eigenvalue weighted by molar-refractivity contribution is -0.132. The maximum Gasteiger partial charge on any atom is 0.222 e. The molecule has 6 heteroatoms. The molecule has 1 aliphatic rings. The van der Waals surface area contributed by atoms with E-state index < -0.39 is 0 Å². The van der Waals surface area contributed by atoms with E-state index >= 15 is 0 Å². The van der Waals surface area contributed by atoms with Gasteiger partial charge in [-0.1, -0.05) is 28.1 Å². The summed E-state index contributed by atoms with van der Waals surface area (Å²) < 4.78 is 8.71. The van der Waals surface area contributed by atoms with Gasteiger partial charge in [-0.05, 0) is 68.0 Å². The molecule has 4 rings (SSSR count). The Hall–Kier alpha value is -2.18. The Labute approximate surface area is 198 Å². The first-order valence-corrected chi connectivity index (χ1v) is 12.4. The highest BCUT2D eigenvalue weighted by molar-refractivity contribution is 9.10. The zero-order valence-corrected chi connectivity index (χ0v) is 20.4. The van der Waals surface area contributed by atoms with E-state index in [1.807, 2.05) is 12.3 Å². The van der Waals surface area contributed by atoms with Crippen LogP contribution in [-0.2, 0) is 22.5 Å². The fraction of sp³-hybridized carbons (Fsp3) is 0.462. The van der Waals surface area contributed by atoms with Gasteiger partial charge in [0.25, 0.3) is 0 Å². The predicted molar refractivity (Wildman–Crippen MR) is 132 cm³/mol. The molecular formula is C26H32BrN3O2. The van der Waals surface area contributed by atoms with E-state index in [0.717, 1.165) is 68.5 Å². The molecule has 1 aliphatic heterocycles. The number of rotatable bonds is 9. The van der Waals surface area contributed by atoms with Crippen molar-refractivity contribution in [3.05, 3.63) is 64.4 Å². The quantitative estimate of drug-likeness (QED) is 0.363. The van der Waals surface area contributed by atoms with Crippen LogP contribution in [-0.4, -0.2) is 47.2 Å². The van der Waals surface area contributed by atoms with Gasteiger partial charge in [0.05, 0.1) is 0 Å². The molecule has 1 atom stereocenters. The lowest BCUT2D eigenvalue weighted by atomic mass is 9.94. The van der Waals surface area contributed by atoms with E-state index in [1.54, 1.807) is 7.11 Å². The summed E-state index contributed by atoms with van der Waals surface area (Å²) in [7, 11) is 1.74. The monoisotopic (exact) mass is 497 g/mol. The first-order valence-electron chi connectivity index (χ1n) is 11.6. The number of halogens is 1. The number of aromatic nitrogens is 2. The van der Waals surface area contributed by atoms with Crippen molar-refractivity contribution in [2.75, 3.05) is 26.8 Å². The van der Waals surface area contributed by atoms with Gasteiger partial charge < -0.3 is 14.2 Å². The number of ether oxygens (including phenoxy) is 1. The molecule has 0 radical (unpaired) electrons. The maximum absolute atomic E-state index is 13.0. The normalized spacial score (nSPS) is 16.6. The third kappa shape index (κ3) is 5.59. The molecule has 0 spiro atoms. The second-order valence-electron chi connectivity index (χ2n) is 8.64. The Balaban J connectivity index is 1.40. The van der Waals surface area contributed by atoms with Gasteiger partial charge in [-0.3, -0.25) is 4.79 Å². The molecule has 1 unspecified atom stereocenters. The summed E-state index contributed by atoms with van der Waals surface area (Å²) in [6.07, 6.45) is 7.43. The number of carbonyl (C=O) groups is 1. The topological polar surface area (TPSA) is 47.4 Å². The number of pyridine rings is 1. The number of piperidine rings is 1. The molecule has 32 heavy (non-hydrogen) atoms. The standard InChI is InChI=1S/C26H32BrN3O2/c1-32-17-5-16-30-24(18-21-7-3-14-28-26(21)30)22-8-4-15-29(19-22)25(31)9-2-6-20-10-12-23(27)13-11-20/h3,7,10-14,18,22H,2,4-6,8-9,15-17,19H2,1H3. The van der Waals surface area contributed by atoms with Gasteiger partial charge in [0, 0.05) is 67.4 Å². The first-order chi connectivity index (χ1) is 15.7. The van der Waals surface area contributed by atoms with Crippen molar-refractivity contribution in [3.8, 4) is 0 Å². The Bertz CT molecular complexity index is 1030. The third-order valence-electron chi connectivity index (χ3n) is 6.38. The number of fused-ring (bicyclic) bond motifs is 1. The van der Waals surface area contributed by atoms with Crippen LogP contribution in [0.1, 0.15) is 49.3 Å². The summed E-state index contributed by atoms with van der Waals surface area (Å²) in [5.41, 5.74) is 3.63. The van der Waals surface area contributed by atoms with Crippen LogP contribution in [0.3, 0.4) is 0 Å². The average Bonchev–Trinajstić information content (AvgIpc) is 3.19. The van der Waals surface area contributed by atoms with Gasteiger partial charge >= 0.3 is 0 Å². The highest BCUT2D eigenvalue weighted by atomic mass is 79.9. The minimum Gasteiger partial charge on any atom is -0.385 e. The van der Waals surface area contributed by atoms with E-state index in [4.69, 9.17) is 4.74 Å². The molecule has 3 aromatic rings. The molecule has 1 aromatic carbocycles. The molecular weight excluding hydrogens is 466 g/mol. The number of hydrogen-bond acceptors (Lipinski definition) is 3. The van der Waals surface area contributed by atoms with Crippen LogP contribution >= 0.6 is 15.9 Å². The highest BCUT2D eigenvalue weighted by Gasteiger charge is 2.27. The van der Waals surface area contributed by atoms with Crippen molar-refractivity contribution in [2.45, 2.75) is 51.0 Å². The predicted octanol–water partition coefficient (Wildman–Crippen LogP) is 5.56. The Morgan fingerprint density at radius 2 is 2.06 bits per heavy atom. The summed E-state index contributed by atoms with van der Waals surface area (Å²) in [5.74, 6) is 0.642. The van der Waals surface area contributed by atoms with E-state index in [9.17, 15) is 4.79 Å². The van der Waals surface area contributed by atoms with Crippen LogP contribution in [0.4, 0.5) is 0 Å². The van der Waals surface area contributed by atoms with Crippen molar-refractivity contribution in [1.29, 1.82) is 0 Å². The minimum atomic E-state index is 0.284. The second-order valence-corrected chi connectivity index (χ2v) is 9.56. The van der Waals surface area contributed by atoms with Gasteiger partial charge in [0.1, 0.15) is 5.65 Å². The number of amides is 1. The van der Waals surface area contributed by atoms with Crippen molar-refractivity contribution < 1.29 is 9.53 Å². The minimum absolute atomic E-state index is 0.284. The van der Waals surface area contributed by atoms with Gasteiger partial charge in [0.2, 0.25) is 5.91 Å². The number of likely N-dealkylation sites (tertiary alicyclic amines) is 1. The van der Waals surface area contributed by atoms with Gasteiger partial charge in [0.15, 0.2) is 0 Å². The Morgan fingerprint density at radius 3 is 2.88 bits per heavy atom. The van der Waals surface area contributed by atoms with E-state index in [-0.39, 0.29) is 5.91 Å². The largest absolute Gasteiger partial charge is 0.385 e. The van der Waals surface area contributed by atoms with Crippen LogP contribution in [0.25, 0.3) is 11.0 Å². The number of benzene rings is 1. The summed E-state index contributed by atoms with van der Waals surface area (Å²) in [5, 5.41) is 1.18. The van der Waals surface area contributed by atoms with Crippen LogP contribution in [0.15, 0.2) is 53.1 Å². The third-order valence-corrected chi connectivity index (χ3v) is 6.91. The molecule has 5 nitrogen and oxygen atoms in total. The molecule has 0 bridgehead atoms. The fourth-order valence-electron chi connectivity index (χ4n) is 4.75. The van der Waals surface area contributed by atoms with Crippen molar-refractivity contribution in [2.24, 2.45) is 0 Å². The molecule has 1 fully saturated rings. The zero-order valence-electron chi connectivity index (χ0n) is 18.8. The van der Waals surface area contributed by atoms with E-state index in [1.165, 1.54) is 16.6 Å². The molecule has 0 N–H and O–H groups in total. The SMILES string of the molecule is COCCCn1c(C2CCCN(C(=O)CCCc3ccc(Br)cc3)C2)cc2cccnc21. The average molecular weight is 498 g/mol. The smallest absolute Gasteiger partial charge is 0.222 e. The molecule has 2 aromatic heterocycles. The van der Waals surface area contributed by atoms with Crippen LogP contribution < -0.4 is 0 Å². The molecule has 3 heterocycles. The molecule has 1 saturated heterocycles. The number of carbonyl (C=O) groups excluding carboxylic acids is 1.